The topological polar surface area (TPSA) is 32.3 Å². The normalized spacial score (nSPS) is 9.93. The summed E-state index contributed by atoms with van der Waals surface area (Å²) in [4.78, 5) is 13.0. The molecular weight excluding hydrogens is 264 g/mol. The van der Waals surface area contributed by atoms with E-state index in [1.165, 1.54) is 0 Å². The highest BCUT2D eigenvalue weighted by Gasteiger charge is 2.08. The molecule has 0 saturated carbocycles. The molecule has 3 nitrogen and oxygen atoms in total. The molecule has 1 rings (SSSR count). The molecule has 1 aromatic heterocycles. The molecular formula is C9H13BrN2OS. The zero-order chi connectivity index (χ0) is 10.6. The molecule has 2 amide bonds. The van der Waals surface area contributed by atoms with Gasteiger partial charge in [0, 0.05) is 20.1 Å². The third-order valence-electron chi connectivity index (χ3n) is 1.72. The van der Waals surface area contributed by atoms with Crippen molar-refractivity contribution in [3.05, 3.63) is 20.8 Å². The highest BCUT2D eigenvalue weighted by atomic mass is 79.9. The van der Waals surface area contributed by atoms with Crippen molar-refractivity contribution in [2.45, 2.75) is 13.5 Å². The van der Waals surface area contributed by atoms with Gasteiger partial charge < -0.3 is 10.2 Å². The maximum absolute atomic E-state index is 11.4. The molecule has 0 fully saturated rings. The monoisotopic (exact) mass is 276 g/mol. The number of rotatable bonds is 3. The predicted molar refractivity (Wildman–Crippen MR) is 62.6 cm³/mol. The Hall–Kier alpha value is -0.550. The van der Waals surface area contributed by atoms with Crippen molar-refractivity contribution in [2.24, 2.45) is 0 Å². The zero-order valence-corrected chi connectivity index (χ0v) is 10.6. The molecule has 1 N–H and O–H groups in total. The van der Waals surface area contributed by atoms with E-state index in [9.17, 15) is 4.79 Å². The molecule has 1 heterocycles. The molecule has 0 aliphatic carbocycles. The van der Waals surface area contributed by atoms with Crippen LogP contribution in [0.15, 0.2) is 15.2 Å². The summed E-state index contributed by atoms with van der Waals surface area (Å²) in [5.41, 5.74) is 1.15. The number of nitrogens with zero attached hydrogens (tertiary/aromatic N) is 1. The Labute approximate surface area is 96.2 Å². The lowest BCUT2D eigenvalue weighted by Gasteiger charge is -2.16. The highest BCUT2D eigenvalue weighted by Crippen LogP contribution is 2.21. The van der Waals surface area contributed by atoms with Gasteiger partial charge >= 0.3 is 6.03 Å². The quantitative estimate of drug-likeness (QED) is 0.905. The van der Waals surface area contributed by atoms with Crippen molar-refractivity contribution in [3.63, 3.8) is 0 Å². The first kappa shape index (κ1) is 11.5. The molecule has 14 heavy (non-hydrogen) atoms. The van der Waals surface area contributed by atoms with Crippen molar-refractivity contribution >= 4 is 33.3 Å². The lowest BCUT2D eigenvalue weighted by molar-refractivity contribution is 0.207. The van der Waals surface area contributed by atoms with Crippen molar-refractivity contribution < 1.29 is 4.79 Å². The molecule has 0 bridgehead atoms. The lowest BCUT2D eigenvalue weighted by atomic mass is 10.3. The van der Waals surface area contributed by atoms with Gasteiger partial charge in [0.25, 0.3) is 0 Å². The standard InChI is InChI=1S/C9H13BrN2OS/c1-3-11-9(13)12(2)5-7-4-8(10)14-6-7/h4,6H,3,5H2,1-2H3,(H,11,13). The fraction of sp³-hybridized carbons (Fsp3) is 0.444. The molecule has 1 aromatic rings. The minimum atomic E-state index is -0.0326. The van der Waals surface area contributed by atoms with Gasteiger partial charge in [-0.3, -0.25) is 0 Å². The Morgan fingerprint density at radius 1 is 1.71 bits per heavy atom. The highest BCUT2D eigenvalue weighted by molar-refractivity contribution is 9.11. The minimum Gasteiger partial charge on any atom is -0.338 e. The number of carbonyl (C=O) groups excluding carboxylic acids is 1. The number of thiophene rings is 1. The third kappa shape index (κ3) is 3.31. The smallest absolute Gasteiger partial charge is 0.317 e. The second-order valence-electron chi connectivity index (χ2n) is 2.95. The van der Waals surface area contributed by atoms with Crippen LogP contribution < -0.4 is 5.32 Å². The van der Waals surface area contributed by atoms with Crippen molar-refractivity contribution in [1.29, 1.82) is 0 Å². The summed E-state index contributed by atoms with van der Waals surface area (Å²) in [7, 11) is 1.79. The zero-order valence-electron chi connectivity index (χ0n) is 8.21. The first-order chi connectivity index (χ1) is 6.63. The Bertz CT molecular complexity index is 314. The van der Waals surface area contributed by atoms with Gasteiger partial charge in [0.15, 0.2) is 0 Å². The molecule has 0 spiro atoms. The molecule has 5 heteroatoms. The van der Waals surface area contributed by atoms with Gasteiger partial charge in [-0.25, -0.2) is 4.79 Å². The van der Waals surface area contributed by atoms with Gasteiger partial charge in [0.2, 0.25) is 0 Å². The van der Waals surface area contributed by atoms with Crippen LogP contribution in [0, 0.1) is 0 Å². The number of urea groups is 1. The summed E-state index contributed by atoms with van der Waals surface area (Å²) in [6, 6.07) is 2.00. The fourth-order valence-electron chi connectivity index (χ4n) is 1.06. The molecule has 78 valence electrons. The van der Waals surface area contributed by atoms with Crippen molar-refractivity contribution in [3.8, 4) is 0 Å². The van der Waals surface area contributed by atoms with E-state index in [4.69, 9.17) is 0 Å². The Morgan fingerprint density at radius 3 is 2.93 bits per heavy atom. The second-order valence-corrected chi connectivity index (χ2v) is 5.24. The predicted octanol–water partition coefficient (Wildman–Crippen LogP) is 2.67. The van der Waals surface area contributed by atoms with E-state index in [2.05, 4.69) is 21.2 Å². The van der Waals surface area contributed by atoms with E-state index < -0.39 is 0 Å². The molecule has 0 saturated heterocycles. The van der Waals surface area contributed by atoms with Crippen LogP contribution in [-0.2, 0) is 6.54 Å². The van der Waals surface area contributed by atoms with Gasteiger partial charge in [-0.1, -0.05) is 0 Å². The number of halogens is 1. The van der Waals surface area contributed by atoms with Crippen molar-refractivity contribution in [2.75, 3.05) is 13.6 Å². The van der Waals surface area contributed by atoms with E-state index in [1.807, 2.05) is 18.4 Å². The van der Waals surface area contributed by atoms with Crippen LogP contribution in [0.5, 0.6) is 0 Å². The van der Waals surface area contributed by atoms with Crippen molar-refractivity contribution in [1.82, 2.24) is 10.2 Å². The number of amides is 2. The summed E-state index contributed by atoms with van der Waals surface area (Å²) >= 11 is 5.02. The van der Waals surface area contributed by atoms with E-state index in [0.29, 0.717) is 13.1 Å². The number of nitrogens with one attached hydrogen (secondary N) is 1. The number of carbonyl (C=O) groups is 1. The number of hydrogen-bond donors (Lipinski definition) is 1. The summed E-state index contributed by atoms with van der Waals surface area (Å²) in [5.74, 6) is 0. The van der Waals surface area contributed by atoms with Gasteiger partial charge in [-0.15, -0.1) is 11.3 Å². The maximum Gasteiger partial charge on any atom is 0.317 e. The Morgan fingerprint density at radius 2 is 2.43 bits per heavy atom. The van der Waals surface area contributed by atoms with Crippen LogP contribution in [0.4, 0.5) is 4.79 Å². The van der Waals surface area contributed by atoms with Crippen LogP contribution >= 0.6 is 27.3 Å². The van der Waals surface area contributed by atoms with Crippen LogP contribution in [0.1, 0.15) is 12.5 Å². The SMILES string of the molecule is CCNC(=O)N(C)Cc1csc(Br)c1. The maximum atomic E-state index is 11.4. The first-order valence-electron chi connectivity index (χ1n) is 4.35. The second kappa shape index (κ2) is 5.36. The molecule has 0 aromatic carbocycles. The summed E-state index contributed by atoms with van der Waals surface area (Å²) < 4.78 is 1.09. The minimum absolute atomic E-state index is 0.0326. The average molecular weight is 277 g/mol. The average Bonchev–Trinajstić information content (AvgIpc) is 2.51. The van der Waals surface area contributed by atoms with E-state index in [-0.39, 0.29) is 6.03 Å². The Balaban J connectivity index is 2.48. The number of hydrogen-bond acceptors (Lipinski definition) is 2. The fourth-order valence-corrected chi connectivity index (χ4v) is 2.26. The van der Waals surface area contributed by atoms with Crippen LogP contribution in [0.3, 0.4) is 0 Å². The molecule has 0 atom stereocenters. The third-order valence-corrected chi connectivity index (χ3v) is 3.27. The molecule has 0 aliphatic rings. The summed E-state index contributed by atoms with van der Waals surface area (Å²) in [6.07, 6.45) is 0. The largest absolute Gasteiger partial charge is 0.338 e. The molecule has 0 unspecified atom stereocenters. The lowest BCUT2D eigenvalue weighted by Crippen LogP contribution is -2.36. The van der Waals surface area contributed by atoms with Crippen LogP contribution in [0.25, 0.3) is 0 Å². The van der Waals surface area contributed by atoms with Gasteiger partial charge in [0.05, 0.1) is 3.79 Å². The Kier molecular flexibility index (Phi) is 4.41. The summed E-state index contributed by atoms with van der Waals surface area (Å²) in [6.45, 7) is 3.22. The molecule has 0 radical (unpaired) electrons. The van der Waals surface area contributed by atoms with Gasteiger partial charge in [-0.05, 0) is 39.9 Å². The van der Waals surface area contributed by atoms with Gasteiger partial charge in [0.1, 0.15) is 0 Å². The van der Waals surface area contributed by atoms with E-state index >= 15 is 0 Å². The van der Waals surface area contributed by atoms with E-state index in [0.717, 1.165) is 9.35 Å². The molecule has 0 aliphatic heterocycles. The first-order valence-corrected chi connectivity index (χ1v) is 6.02. The van der Waals surface area contributed by atoms with Crippen LogP contribution in [0.2, 0.25) is 0 Å². The summed E-state index contributed by atoms with van der Waals surface area (Å²) in [5, 5.41) is 4.79. The van der Waals surface area contributed by atoms with Gasteiger partial charge in [-0.2, -0.15) is 0 Å². The van der Waals surface area contributed by atoms with Crippen LogP contribution in [-0.4, -0.2) is 24.5 Å². The van der Waals surface area contributed by atoms with E-state index in [1.54, 1.807) is 23.3 Å².